The number of hydrogen-bond donors (Lipinski definition) is 1. The van der Waals surface area contributed by atoms with Crippen LogP contribution in [0.4, 0.5) is 5.82 Å². The summed E-state index contributed by atoms with van der Waals surface area (Å²) in [5.74, 6) is 1.32. The number of rotatable bonds is 5. The van der Waals surface area contributed by atoms with Gasteiger partial charge in [-0.2, -0.15) is 0 Å². The van der Waals surface area contributed by atoms with Crippen LogP contribution in [0, 0.1) is 0 Å². The Morgan fingerprint density at radius 1 is 1.11 bits per heavy atom. The average molecular weight is 258 g/mol. The van der Waals surface area contributed by atoms with E-state index in [1.807, 2.05) is 19.2 Å². The van der Waals surface area contributed by atoms with Crippen LogP contribution in [0.2, 0.25) is 0 Å². The van der Waals surface area contributed by atoms with E-state index >= 15 is 0 Å². The number of benzene rings is 1. The molecule has 5 nitrogen and oxygen atoms in total. The van der Waals surface area contributed by atoms with Gasteiger partial charge in [0.1, 0.15) is 11.6 Å². The Kier molecular flexibility index (Phi) is 4.30. The number of nitrogens with zero attached hydrogens (tertiary/aromatic N) is 3. The molecule has 0 unspecified atom stereocenters. The molecular formula is C14H18N4O. The topological polar surface area (TPSA) is 64.3 Å². The molecule has 0 atom stereocenters. The fraction of sp³-hybridized carbons (Fsp3) is 0.286. The maximum Gasteiger partial charge on any atom is 0.141 e. The number of nitrogen functional groups attached to an aromatic ring is 1. The SMILES string of the molecule is COc1ccc(CN(C)Cc2cnc(N)cn2)cc1. The highest BCUT2D eigenvalue weighted by molar-refractivity contribution is 5.27. The van der Waals surface area contributed by atoms with Crippen LogP contribution in [0.15, 0.2) is 36.7 Å². The van der Waals surface area contributed by atoms with Crippen LogP contribution in [-0.2, 0) is 13.1 Å². The fourth-order valence-electron chi connectivity index (χ4n) is 1.82. The van der Waals surface area contributed by atoms with Gasteiger partial charge in [0, 0.05) is 13.1 Å². The van der Waals surface area contributed by atoms with Crippen molar-refractivity contribution in [2.75, 3.05) is 19.9 Å². The van der Waals surface area contributed by atoms with E-state index in [4.69, 9.17) is 10.5 Å². The normalized spacial score (nSPS) is 10.7. The highest BCUT2D eigenvalue weighted by Crippen LogP contribution is 2.13. The first-order valence-electron chi connectivity index (χ1n) is 6.05. The van der Waals surface area contributed by atoms with E-state index in [0.717, 1.165) is 24.5 Å². The van der Waals surface area contributed by atoms with Crippen LogP contribution in [0.1, 0.15) is 11.3 Å². The first kappa shape index (κ1) is 13.3. The van der Waals surface area contributed by atoms with Crippen LogP contribution in [0.25, 0.3) is 0 Å². The molecule has 0 fully saturated rings. The minimum absolute atomic E-state index is 0.446. The molecular weight excluding hydrogens is 240 g/mol. The third-order valence-corrected chi connectivity index (χ3v) is 2.77. The van der Waals surface area contributed by atoms with Gasteiger partial charge in [-0.15, -0.1) is 0 Å². The minimum Gasteiger partial charge on any atom is -0.497 e. The van der Waals surface area contributed by atoms with Crippen LogP contribution in [0.5, 0.6) is 5.75 Å². The van der Waals surface area contributed by atoms with Gasteiger partial charge < -0.3 is 10.5 Å². The Labute approximate surface area is 113 Å². The third kappa shape index (κ3) is 3.93. The van der Waals surface area contributed by atoms with Gasteiger partial charge in [0.25, 0.3) is 0 Å². The molecule has 0 amide bonds. The van der Waals surface area contributed by atoms with Gasteiger partial charge >= 0.3 is 0 Å². The summed E-state index contributed by atoms with van der Waals surface area (Å²) in [6.45, 7) is 1.58. The highest BCUT2D eigenvalue weighted by atomic mass is 16.5. The van der Waals surface area contributed by atoms with Crippen LogP contribution in [-0.4, -0.2) is 29.0 Å². The van der Waals surface area contributed by atoms with E-state index in [-0.39, 0.29) is 0 Å². The van der Waals surface area contributed by atoms with E-state index in [1.165, 1.54) is 5.56 Å². The molecule has 1 heterocycles. The lowest BCUT2D eigenvalue weighted by Crippen LogP contribution is -2.18. The summed E-state index contributed by atoms with van der Waals surface area (Å²) in [6, 6.07) is 8.05. The predicted molar refractivity (Wildman–Crippen MR) is 74.6 cm³/mol. The second kappa shape index (κ2) is 6.15. The van der Waals surface area contributed by atoms with Crippen molar-refractivity contribution in [2.45, 2.75) is 13.1 Å². The molecule has 2 rings (SSSR count). The summed E-state index contributed by atoms with van der Waals surface area (Å²) >= 11 is 0. The number of ether oxygens (including phenoxy) is 1. The van der Waals surface area contributed by atoms with E-state index < -0.39 is 0 Å². The standard InChI is InChI=1S/C14H18N4O/c1-18(10-12-7-17-14(15)8-16-12)9-11-3-5-13(19-2)6-4-11/h3-8H,9-10H2,1-2H3,(H2,15,17). The first-order valence-corrected chi connectivity index (χ1v) is 6.05. The van der Waals surface area contributed by atoms with E-state index in [0.29, 0.717) is 5.82 Å². The molecule has 2 N–H and O–H groups in total. The minimum atomic E-state index is 0.446. The quantitative estimate of drug-likeness (QED) is 0.884. The summed E-state index contributed by atoms with van der Waals surface area (Å²) < 4.78 is 5.14. The van der Waals surface area contributed by atoms with Crippen molar-refractivity contribution in [3.05, 3.63) is 47.9 Å². The summed E-state index contributed by atoms with van der Waals surface area (Å²) in [7, 11) is 3.71. The van der Waals surface area contributed by atoms with Gasteiger partial charge in [0.05, 0.1) is 25.2 Å². The Morgan fingerprint density at radius 2 is 1.84 bits per heavy atom. The van der Waals surface area contributed by atoms with Gasteiger partial charge in [-0.05, 0) is 24.7 Å². The fourth-order valence-corrected chi connectivity index (χ4v) is 1.82. The lowest BCUT2D eigenvalue weighted by atomic mass is 10.2. The van der Waals surface area contributed by atoms with Crippen LogP contribution >= 0.6 is 0 Å². The van der Waals surface area contributed by atoms with Gasteiger partial charge in [0.2, 0.25) is 0 Å². The van der Waals surface area contributed by atoms with E-state index in [9.17, 15) is 0 Å². The Balaban J connectivity index is 1.92. The zero-order chi connectivity index (χ0) is 13.7. The maximum atomic E-state index is 5.51. The molecule has 0 aliphatic carbocycles. The molecule has 0 saturated carbocycles. The van der Waals surface area contributed by atoms with Crippen molar-refractivity contribution in [3.63, 3.8) is 0 Å². The number of anilines is 1. The van der Waals surface area contributed by atoms with E-state index in [1.54, 1.807) is 19.5 Å². The smallest absolute Gasteiger partial charge is 0.141 e. The molecule has 0 aliphatic rings. The molecule has 0 saturated heterocycles. The Bertz CT molecular complexity index is 510. The zero-order valence-corrected chi connectivity index (χ0v) is 11.2. The lowest BCUT2D eigenvalue weighted by Gasteiger charge is -2.16. The summed E-state index contributed by atoms with van der Waals surface area (Å²) in [4.78, 5) is 10.4. The number of aromatic nitrogens is 2. The molecule has 0 aliphatic heterocycles. The van der Waals surface area contributed by atoms with Crippen molar-refractivity contribution >= 4 is 5.82 Å². The lowest BCUT2D eigenvalue weighted by molar-refractivity contribution is 0.314. The summed E-state index contributed by atoms with van der Waals surface area (Å²) in [5, 5.41) is 0. The van der Waals surface area contributed by atoms with Crippen molar-refractivity contribution in [1.29, 1.82) is 0 Å². The van der Waals surface area contributed by atoms with Crippen LogP contribution in [0.3, 0.4) is 0 Å². The van der Waals surface area contributed by atoms with Gasteiger partial charge in [-0.3, -0.25) is 9.88 Å². The molecule has 0 bridgehead atoms. The highest BCUT2D eigenvalue weighted by Gasteiger charge is 2.03. The van der Waals surface area contributed by atoms with Crippen LogP contribution < -0.4 is 10.5 Å². The summed E-state index contributed by atoms with van der Waals surface area (Å²) in [6.07, 6.45) is 3.29. The largest absolute Gasteiger partial charge is 0.497 e. The third-order valence-electron chi connectivity index (χ3n) is 2.77. The van der Waals surface area contributed by atoms with Crippen molar-refractivity contribution in [3.8, 4) is 5.75 Å². The molecule has 5 heteroatoms. The molecule has 1 aromatic carbocycles. The Morgan fingerprint density at radius 3 is 2.42 bits per heavy atom. The molecule has 1 aromatic heterocycles. The predicted octanol–water partition coefficient (Wildman–Crippen LogP) is 1.70. The molecule has 2 aromatic rings. The van der Waals surface area contributed by atoms with Gasteiger partial charge in [-0.1, -0.05) is 12.1 Å². The molecule has 0 radical (unpaired) electrons. The average Bonchev–Trinajstić information content (AvgIpc) is 2.42. The second-order valence-corrected chi connectivity index (χ2v) is 4.45. The van der Waals surface area contributed by atoms with Gasteiger partial charge in [0.15, 0.2) is 0 Å². The summed E-state index contributed by atoms with van der Waals surface area (Å²) in [5.41, 5.74) is 7.65. The monoisotopic (exact) mass is 258 g/mol. The zero-order valence-electron chi connectivity index (χ0n) is 11.2. The number of nitrogens with two attached hydrogens (primary N) is 1. The molecule has 0 spiro atoms. The molecule has 100 valence electrons. The van der Waals surface area contributed by atoms with E-state index in [2.05, 4.69) is 27.0 Å². The van der Waals surface area contributed by atoms with Gasteiger partial charge in [-0.25, -0.2) is 4.98 Å². The molecule has 19 heavy (non-hydrogen) atoms. The Hall–Kier alpha value is -2.14. The van der Waals surface area contributed by atoms with Crippen molar-refractivity contribution < 1.29 is 4.74 Å². The first-order chi connectivity index (χ1) is 9.17. The van der Waals surface area contributed by atoms with Crippen molar-refractivity contribution in [1.82, 2.24) is 14.9 Å². The number of hydrogen-bond acceptors (Lipinski definition) is 5. The van der Waals surface area contributed by atoms with Crippen molar-refractivity contribution in [2.24, 2.45) is 0 Å². The maximum absolute atomic E-state index is 5.51. The number of methoxy groups -OCH3 is 1. The second-order valence-electron chi connectivity index (χ2n) is 4.45.